The molecule has 0 aromatic heterocycles. The first-order valence-corrected chi connectivity index (χ1v) is 11.7. The zero-order chi connectivity index (χ0) is 23.8. The molecule has 0 fully saturated rings. The van der Waals surface area contributed by atoms with E-state index in [1.54, 1.807) is 18.7 Å². The Bertz CT molecular complexity index is 958. The molecule has 1 aliphatic heterocycles. The van der Waals surface area contributed by atoms with E-state index < -0.39 is 23.8 Å². The van der Waals surface area contributed by atoms with Gasteiger partial charge in [-0.05, 0) is 50.3 Å². The van der Waals surface area contributed by atoms with Crippen LogP contribution in [0.25, 0.3) is 0 Å². The molecule has 0 aliphatic carbocycles. The Morgan fingerprint density at radius 3 is 2.33 bits per heavy atom. The van der Waals surface area contributed by atoms with Crippen LogP contribution in [0, 0.1) is 11.8 Å². The van der Waals surface area contributed by atoms with Gasteiger partial charge in [-0.15, -0.1) is 0 Å². The molecule has 1 amide bonds. The summed E-state index contributed by atoms with van der Waals surface area (Å²) in [5.41, 5.74) is 2.83. The molecule has 176 valence electrons. The predicted molar refractivity (Wildman–Crippen MR) is 127 cm³/mol. The number of fused-ring (bicyclic) bond motifs is 1. The molecule has 0 unspecified atom stereocenters. The summed E-state index contributed by atoms with van der Waals surface area (Å²) < 4.78 is 10.6. The van der Waals surface area contributed by atoms with Crippen LogP contribution >= 0.6 is 0 Å². The van der Waals surface area contributed by atoms with Crippen molar-refractivity contribution in [3.63, 3.8) is 0 Å². The number of hydrogen-bond donors (Lipinski definition) is 0. The van der Waals surface area contributed by atoms with Gasteiger partial charge in [-0.3, -0.25) is 14.5 Å². The molecule has 0 saturated carbocycles. The highest BCUT2D eigenvalue weighted by Gasteiger charge is 2.41. The maximum atomic E-state index is 13.6. The molecule has 6 heteroatoms. The van der Waals surface area contributed by atoms with Crippen molar-refractivity contribution >= 4 is 23.5 Å². The van der Waals surface area contributed by atoms with Gasteiger partial charge < -0.3 is 9.47 Å². The van der Waals surface area contributed by atoms with Crippen molar-refractivity contribution in [2.45, 2.75) is 52.5 Å². The number of nitrogens with zero attached hydrogens (tertiary/aromatic N) is 1. The van der Waals surface area contributed by atoms with E-state index in [1.807, 2.05) is 61.5 Å². The number of rotatable bonds is 10. The van der Waals surface area contributed by atoms with E-state index in [4.69, 9.17) is 9.47 Å². The van der Waals surface area contributed by atoms with Crippen LogP contribution in [0.2, 0.25) is 0 Å². The maximum absolute atomic E-state index is 13.6. The fourth-order valence-corrected chi connectivity index (χ4v) is 4.43. The monoisotopic (exact) mass is 451 g/mol. The average Bonchev–Trinajstić information content (AvgIpc) is 3.21. The summed E-state index contributed by atoms with van der Waals surface area (Å²) >= 11 is 0. The molecule has 1 aliphatic rings. The molecule has 3 atom stereocenters. The van der Waals surface area contributed by atoms with Gasteiger partial charge in [0.2, 0.25) is 5.91 Å². The second-order valence-corrected chi connectivity index (χ2v) is 8.42. The van der Waals surface area contributed by atoms with Gasteiger partial charge in [0.15, 0.2) is 0 Å². The zero-order valence-electron chi connectivity index (χ0n) is 19.7. The molecule has 0 saturated heterocycles. The minimum absolute atomic E-state index is 0.174. The van der Waals surface area contributed by atoms with Crippen LogP contribution in [0.15, 0.2) is 54.6 Å². The number of benzene rings is 2. The first-order valence-electron chi connectivity index (χ1n) is 11.7. The van der Waals surface area contributed by atoms with Gasteiger partial charge in [-0.25, -0.2) is 4.79 Å². The first kappa shape index (κ1) is 24.5. The molecule has 0 radical (unpaired) electrons. The highest BCUT2D eigenvalue weighted by molar-refractivity contribution is 6.03. The summed E-state index contributed by atoms with van der Waals surface area (Å²) in [5.74, 6) is -1.72. The van der Waals surface area contributed by atoms with E-state index in [1.165, 1.54) is 0 Å². The molecule has 0 N–H and O–H groups in total. The molecule has 0 bridgehead atoms. The van der Waals surface area contributed by atoms with Gasteiger partial charge in [0, 0.05) is 18.0 Å². The second-order valence-electron chi connectivity index (χ2n) is 8.42. The van der Waals surface area contributed by atoms with Gasteiger partial charge >= 0.3 is 11.9 Å². The number of carbonyl (C=O) groups excluding carboxylic acids is 3. The molecule has 2 aromatic carbocycles. The lowest BCUT2D eigenvalue weighted by atomic mass is 9.89. The zero-order valence-corrected chi connectivity index (χ0v) is 19.7. The third kappa shape index (κ3) is 6.01. The fraction of sp³-hybridized carbons (Fsp3) is 0.444. The topological polar surface area (TPSA) is 72.9 Å². The van der Waals surface area contributed by atoms with E-state index in [2.05, 4.69) is 0 Å². The molecule has 6 nitrogen and oxygen atoms in total. The minimum Gasteiger partial charge on any atom is -0.466 e. The van der Waals surface area contributed by atoms with Gasteiger partial charge in [-0.2, -0.15) is 0 Å². The van der Waals surface area contributed by atoms with Crippen molar-refractivity contribution in [3.05, 3.63) is 65.7 Å². The molecule has 2 aromatic rings. The highest BCUT2D eigenvalue weighted by atomic mass is 16.5. The van der Waals surface area contributed by atoms with Crippen molar-refractivity contribution in [2.75, 3.05) is 18.1 Å². The summed E-state index contributed by atoms with van der Waals surface area (Å²) in [7, 11) is 0. The van der Waals surface area contributed by atoms with Crippen LogP contribution in [-0.2, 0) is 36.7 Å². The number of carbonyl (C=O) groups is 3. The van der Waals surface area contributed by atoms with Crippen LogP contribution in [0.1, 0.15) is 44.7 Å². The molecule has 3 rings (SSSR count). The SMILES string of the molecule is CCOC(=O)[C@H](CCc1ccccc1)C[C@@H](C)C(=O)N1c2ccccc2C[C@H]1C(=O)OCC. The number of esters is 2. The van der Waals surface area contributed by atoms with Crippen LogP contribution in [0.3, 0.4) is 0 Å². The van der Waals surface area contributed by atoms with Gasteiger partial charge in [-0.1, -0.05) is 55.5 Å². The Morgan fingerprint density at radius 1 is 0.970 bits per heavy atom. The lowest BCUT2D eigenvalue weighted by Gasteiger charge is -2.28. The van der Waals surface area contributed by atoms with Crippen molar-refractivity contribution in [1.82, 2.24) is 0 Å². The van der Waals surface area contributed by atoms with Crippen molar-refractivity contribution in [3.8, 4) is 0 Å². The number of amides is 1. The molecule has 1 heterocycles. The summed E-state index contributed by atoms with van der Waals surface area (Å²) in [6, 6.07) is 16.8. The van der Waals surface area contributed by atoms with E-state index in [9.17, 15) is 14.4 Å². The van der Waals surface area contributed by atoms with E-state index in [0.29, 0.717) is 25.9 Å². The van der Waals surface area contributed by atoms with Crippen LogP contribution in [0.4, 0.5) is 5.69 Å². The van der Waals surface area contributed by atoms with Crippen molar-refractivity contribution in [2.24, 2.45) is 11.8 Å². The molecule has 33 heavy (non-hydrogen) atoms. The first-order chi connectivity index (χ1) is 16.0. The summed E-state index contributed by atoms with van der Waals surface area (Å²) in [6.07, 6.45) is 2.11. The number of para-hydroxylation sites is 1. The number of ether oxygens (including phenoxy) is 2. The minimum atomic E-state index is -0.678. The fourth-order valence-electron chi connectivity index (χ4n) is 4.43. The molecule has 0 spiro atoms. The van der Waals surface area contributed by atoms with Crippen molar-refractivity contribution < 1.29 is 23.9 Å². The molecular formula is C27H33NO5. The standard InChI is InChI=1S/C27H33NO5/c1-4-32-26(30)22(16-15-20-11-7-6-8-12-20)17-19(3)25(29)28-23-14-10-9-13-21(23)18-24(28)27(31)33-5-2/h6-14,19,22,24H,4-5,15-18H2,1-3H3/t19-,22-,24+/m1/s1. The van der Waals surface area contributed by atoms with Gasteiger partial charge in [0.05, 0.1) is 19.1 Å². The van der Waals surface area contributed by atoms with E-state index >= 15 is 0 Å². The number of hydrogen-bond acceptors (Lipinski definition) is 5. The normalized spacial score (nSPS) is 16.6. The van der Waals surface area contributed by atoms with Crippen LogP contribution in [-0.4, -0.2) is 37.1 Å². The third-order valence-corrected chi connectivity index (χ3v) is 6.08. The Kier molecular flexibility index (Phi) is 8.64. The third-order valence-electron chi connectivity index (χ3n) is 6.08. The largest absolute Gasteiger partial charge is 0.466 e. The predicted octanol–water partition coefficient (Wildman–Crippen LogP) is 4.35. The van der Waals surface area contributed by atoms with Crippen LogP contribution in [0.5, 0.6) is 0 Å². The summed E-state index contributed by atoms with van der Waals surface area (Å²) in [5, 5.41) is 0. The van der Waals surface area contributed by atoms with Gasteiger partial charge in [0.25, 0.3) is 0 Å². The Labute approximate surface area is 195 Å². The van der Waals surface area contributed by atoms with Crippen LogP contribution < -0.4 is 4.90 Å². The average molecular weight is 452 g/mol. The van der Waals surface area contributed by atoms with E-state index in [-0.39, 0.29) is 18.5 Å². The molecular weight excluding hydrogens is 418 g/mol. The van der Waals surface area contributed by atoms with Crippen molar-refractivity contribution in [1.29, 1.82) is 0 Å². The Hall–Kier alpha value is -3.15. The quantitative estimate of drug-likeness (QED) is 0.502. The van der Waals surface area contributed by atoms with E-state index in [0.717, 1.165) is 23.2 Å². The smallest absolute Gasteiger partial charge is 0.329 e. The van der Waals surface area contributed by atoms with Gasteiger partial charge in [0.1, 0.15) is 6.04 Å². The number of aryl methyl sites for hydroxylation is 1. The Balaban J connectivity index is 1.76. The Morgan fingerprint density at radius 2 is 1.64 bits per heavy atom. The maximum Gasteiger partial charge on any atom is 0.329 e. The second kappa shape index (κ2) is 11.6. The number of anilines is 1. The summed E-state index contributed by atoms with van der Waals surface area (Å²) in [4.78, 5) is 40.5. The summed E-state index contributed by atoms with van der Waals surface area (Å²) in [6.45, 7) is 5.92. The lowest BCUT2D eigenvalue weighted by Crippen LogP contribution is -2.46. The lowest BCUT2D eigenvalue weighted by molar-refractivity contribution is -0.149. The highest BCUT2D eigenvalue weighted by Crippen LogP contribution is 2.35.